The van der Waals surface area contributed by atoms with Gasteiger partial charge in [-0.3, -0.25) is 9.98 Å². The van der Waals surface area contributed by atoms with Crippen molar-refractivity contribution in [2.75, 3.05) is 0 Å². The van der Waals surface area contributed by atoms with Crippen LogP contribution in [-0.2, 0) is 5.41 Å². The van der Waals surface area contributed by atoms with Gasteiger partial charge in [0.1, 0.15) is 6.17 Å². The molecule has 0 amide bonds. The lowest BCUT2D eigenvalue weighted by molar-refractivity contribution is 0.648. The van der Waals surface area contributed by atoms with Crippen LogP contribution in [0.1, 0.15) is 43.1 Å². The number of fused-ring (bicyclic) bond motifs is 5. The second-order valence-corrected chi connectivity index (χ2v) is 8.67. The van der Waals surface area contributed by atoms with Crippen molar-refractivity contribution in [2.24, 2.45) is 4.99 Å². The van der Waals surface area contributed by atoms with E-state index >= 15 is 0 Å². The zero-order valence-electron chi connectivity index (χ0n) is 17.2. The van der Waals surface area contributed by atoms with E-state index in [4.69, 9.17) is 4.99 Å². The first kappa shape index (κ1) is 17.4. The van der Waals surface area contributed by atoms with Gasteiger partial charge in [0.15, 0.2) is 0 Å². The van der Waals surface area contributed by atoms with Crippen LogP contribution in [0.3, 0.4) is 0 Å². The van der Waals surface area contributed by atoms with Crippen molar-refractivity contribution in [3.63, 3.8) is 0 Å². The summed E-state index contributed by atoms with van der Waals surface area (Å²) in [6.45, 7) is 4.66. The predicted octanol–water partition coefficient (Wildman–Crippen LogP) is 6.29. The topological polar surface area (TPSA) is 30.2 Å². The third-order valence-corrected chi connectivity index (χ3v) is 6.65. The third kappa shape index (κ3) is 2.38. The number of dihydropyridines is 1. The molecule has 146 valence electrons. The largest absolute Gasteiger partial charge is 0.321 e. The molecule has 0 N–H and O–H groups in total. The fraction of sp³-hybridized carbons (Fsp3) is 0.185. The minimum Gasteiger partial charge on any atom is -0.321 e. The Morgan fingerprint density at radius 2 is 1.77 bits per heavy atom. The Morgan fingerprint density at radius 3 is 2.63 bits per heavy atom. The van der Waals surface area contributed by atoms with Crippen LogP contribution in [0.15, 0.2) is 90.3 Å². The molecule has 0 spiro atoms. The summed E-state index contributed by atoms with van der Waals surface area (Å²) in [6.07, 6.45) is 11.1. The second-order valence-electron chi connectivity index (χ2n) is 8.67. The van der Waals surface area contributed by atoms with E-state index in [1.54, 1.807) is 0 Å². The predicted molar refractivity (Wildman–Crippen MR) is 123 cm³/mol. The summed E-state index contributed by atoms with van der Waals surface area (Å²) in [5.41, 5.74) is 9.08. The molecule has 0 saturated carbocycles. The number of nitrogens with zero attached hydrogens (tertiary/aromatic N) is 3. The summed E-state index contributed by atoms with van der Waals surface area (Å²) < 4.78 is 2.29. The minimum atomic E-state index is -0.0258. The minimum absolute atomic E-state index is 0.0258. The monoisotopic (exact) mass is 389 g/mol. The molecule has 1 aliphatic carbocycles. The van der Waals surface area contributed by atoms with Crippen molar-refractivity contribution < 1.29 is 0 Å². The van der Waals surface area contributed by atoms with Gasteiger partial charge in [0.05, 0.1) is 5.52 Å². The van der Waals surface area contributed by atoms with Gasteiger partial charge in [-0.25, -0.2) is 0 Å². The maximum absolute atomic E-state index is 5.08. The Morgan fingerprint density at radius 1 is 0.933 bits per heavy atom. The quantitative estimate of drug-likeness (QED) is 0.371. The maximum atomic E-state index is 5.08. The summed E-state index contributed by atoms with van der Waals surface area (Å²) >= 11 is 0. The summed E-state index contributed by atoms with van der Waals surface area (Å²) in [6, 6.07) is 19.7. The third-order valence-electron chi connectivity index (χ3n) is 6.65. The average Bonchev–Trinajstić information content (AvgIpc) is 3.32. The van der Waals surface area contributed by atoms with Gasteiger partial charge >= 0.3 is 0 Å². The Bertz CT molecular complexity index is 1340. The summed E-state index contributed by atoms with van der Waals surface area (Å²) in [4.78, 5) is 9.21. The number of hydrogen-bond donors (Lipinski definition) is 0. The number of allylic oxidation sites excluding steroid dienone is 1. The Labute approximate surface area is 176 Å². The highest BCUT2D eigenvalue weighted by molar-refractivity contribution is 6.03. The van der Waals surface area contributed by atoms with Gasteiger partial charge in [0.25, 0.3) is 0 Å². The van der Waals surface area contributed by atoms with Crippen LogP contribution >= 0.6 is 0 Å². The standard InChI is InChI=1S/C27H23N3/c1-27(2)21-7-4-3-6-19(21)26-20-14-17-30(24(20)11-10-22(26)27)25-9-5-8-23(29-25)18-12-15-28-16-13-18/h3-7,9-17,25H,8H2,1-2H3. The van der Waals surface area contributed by atoms with Crippen molar-refractivity contribution in [1.29, 1.82) is 0 Å². The summed E-state index contributed by atoms with van der Waals surface area (Å²) in [5.74, 6) is 0. The molecule has 30 heavy (non-hydrogen) atoms. The molecule has 0 saturated heterocycles. The van der Waals surface area contributed by atoms with Gasteiger partial charge in [-0.05, 0) is 58.2 Å². The van der Waals surface area contributed by atoms with Gasteiger partial charge in [-0.2, -0.15) is 0 Å². The molecule has 2 aromatic carbocycles. The molecule has 4 aromatic rings. The van der Waals surface area contributed by atoms with E-state index < -0.39 is 0 Å². The van der Waals surface area contributed by atoms with Crippen molar-refractivity contribution in [3.05, 3.63) is 102 Å². The smallest absolute Gasteiger partial charge is 0.144 e. The fourth-order valence-electron chi connectivity index (χ4n) is 5.12. The zero-order chi connectivity index (χ0) is 20.3. The first-order chi connectivity index (χ1) is 14.6. The molecule has 3 heteroatoms. The van der Waals surface area contributed by atoms with Crippen LogP contribution in [0.2, 0.25) is 0 Å². The van der Waals surface area contributed by atoms with Gasteiger partial charge in [0, 0.05) is 41.5 Å². The molecule has 6 rings (SSSR count). The summed E-state index contributed by atoms with van der Waals surface area (Å²) in [5, 5.41) is 1.31. The lowest BCUT2D eigenvalue weighted by Gasteiger charge is -2.22. The number of hydrogen-bond acceptors (Lipinski definition) is 2. The molecule has 0 radical (unpaired) electrons. The highest BCUT2D eigenvalue weighted by Crippen LogP contribution is 2.51. The molecule has 2 aliphatic rings. The lowest BCUT2D eigenvalue weighted by Crippen LogP contribution is -2.15. The SMILES string of the molecule is CC1(C)c2ccccc2-c2c1ccc1c2ccn1C1C=CCC(c2ccncc2)=N1. The van der Waals surface area contributed by atoms with E-state index in [1.165, 1.54) is 33.2 Å². The molecule has 0 bridgehead atoms. The van der Waals surface area contributed by atoms with Gasteiger partial charge in [-0.1, -0.05) is 50.3 Å². The van der Waals surface area contributed by atoms with Gasteiger partial charge < -0.3 is 4.57 Å². The van der Waals surface area contributed by atoms with Crippen LogP contribution in [0, 0.1) is 0 Å². The van der Waals surface area contributed by atoms with Gasteiger partial charge in [0.2, 0.25) is 0 Å². The van der Waals surface area contributed by atoms with Crippen molar-refractivity contribution >= 4 is 16.6 Å². The molecule has 1 atom stereocenters. The highest BCUT2D eigenvalue weighted by atomic mass is 15.1. The van der Waals surface area contributed by atoms with Crippen molar-refractivity contribution in [1.82, 2.24) is 9.55 Å². The summed E-state index contributed by atoms with van der Waals surface area (Å²) in [7, 11) is 0. The van der Waals surface area contributed by atoms with E-state index in [9.17, 15) is 0 Å². The molecule has 1 aliphatic heterocycles. The number of aliphatic imine (C=N–C) groups is 1. The van der Waals surface area contributed by atoms with E-state index in [1.807, 2.05) is 24.5 Å². The normalized spacial score (nSPS) is 18.9. The van der Waals surface area contributed by atoms with Crippen LogP contribution < -0.4 is 0 Å². The van der Waals surface area contributed by atoms with Crippen molar-refractivity contribution in [2.45, 2.75) is 31.8 Å². The van der Waals surface area contributed by atoms with Crippen molar-refractivity contribution in [3.8, 4) is 11.1 Å². The molecule has 3 heterocycles. The Hall–Kier alpha value is -3.46. The lowest BCUT2D eigenvalue weighted by atomic mass is 9.82. The van der Waals surface area contributed by atoms with Crippen LogP contribution in [-0.4, -0.2) is 15.3 Å². The zero-order valence-corrected chi connectivity index (χ0v) is 17.2. The Kier molecular flexibility index (Phi) is 3.64. The van der Waals surface area contributed by atoms with Gasteiger partial charge in [-0.15, -0.1) is 0 Å². The number of aromatic nitrogens is 2. The molecular weight excluding hydrogens is 366 g/mol. The van der Waals surface area contributed by atoms with Crippen LogP contribution in [0.4, 0.5) is 0 Å². The highest BCUT2D eigenvalue weighted by Gasteiger charge is 2.36. The molecule has 2 aromatic heterocycles. The van der Waals surface area contributed by atoms with E-state index in [-0.39, 0.29) is 11.6 Å². The fourth-order valence-corrected chi connectivity index (χ4v) is 5.12. The van der Waals surface area contributed by atoms with Crippen LogP contribution in [0.5, 0.6) is 0 Å². The molecule has 1 unspecified atom stereocenters. The first-order valence-corrected chi connectivity index (χ1v) is 10.5. The maximum Gasteiger partial charge on any atom is 0.144 e. The van der Waals surface area contributed by atoms with E-state index in [2.05, 4.69) is 84.2 Å². The number of pyridine rings is 1. The Balaban J connectivity index is 1.51. The van der Waals surface area contributed by atoms with E-state index in [0.29, 0.717) is 0 Å². The molecule has 3 nitrogen and oxygen atoms in total. The second kappa shape index (κ2) is 6.27. The molecular formula is C27H23N3. The first-order valence-electron chi connectivity index (χ1n) is 10.5. The number of benzene rings is 2. The molecule has 0 fully saturated rings. The van der Waals surface area contributed by atoms with E-state index in [0.717, 1.165) is 17.7 Å². The van der Waals surface area contributed by atoms with Crippen LogP contribution in [0.25, 0.3) is 22.0 Å². The average molecular weight is 390 g/mol. The number of rotatable bonds is 2.